The Morgan fingerprint density at radius 3 is 1.96 bits per heavy atom. The molecule has 0 aromatic heterocycles. The van der Waals surface area contributed by atoms with E-state index in [9.17, 15) is 30.0 Å². The largest absolute Gasteiger partial charge is 0.416 e. The molecule has 0 radical (unpaired) electrons. The summed E-state index contributed by atoms with van der Waals surface area (Å²) in [4.78, 5) is -0.390. The molecule has 24 heavy (non-hydrogen) atoms. The van der Waals surface area contributed by atoms with Gasteiger partial charge >= 0.3 is 6.18 Å². The highest BCUT2D eigenvalue weighted by Crippen LogP contribution is 2.41. The van der Waals surface area contributed by atoms with Crippen molar-refractivity contribution in [3.63, 3.8) is 0 Å². The summed E-state index contributed by atoms with van der Waals surface area (Å²) in [7, 11) is -8.60. The predicted octanol–water partition coefficient (Wildman–Crippen LogP) is 1.32. The fraction of sp³-hybridized carbons (Fsp3) is 0.231. The molecule has 1 aromatic carbocycles. The minimum absolute atomic E-state index is 0.0940. The van der Waals surface area contributed by atoms with Crippen LogP contribution in [0.3, 0.4) is 0 Å². The third kappa shape index (κ3) is 3.38. The maximum Gasteiger partial charge on any atom is 0.416 e. The lowest BCUT2D eigenvalue weighted by molar-refractivity contribution is -0.137. The molecule has 0 spiro atoms. The van der Waals surface area contributed by atoms with Gasteiger partial charge in [-0.3, -0.25) is 0 Å². The summed E-state index contributed by atoms with van der Waals surface area (Å²) in [6.45, 7) is 0. The average Bonchev–Trinajstić information content (AvgIpc) is 2.44. The Morgan fingerprint density at radius 1 is 1.00 bits per heavy atom. The van der Waals surface area contributed by atoms with E-state index in [1.165, 1.54) is 0 Å². The zero-order valence-electron chi connectivity index (χ0n) is 12.0. The second kappa shape index (κ2) is 5.69. The van der Waals surface area contributed by atoms with Gasteiger partial charge in [-0.1, -0.05) is 24.3 Å². The second-order valence-corrected chi connectivity index (χ2v) is 8.66. The quantitative estimate of drug-likeness (QED) is 0.819. The molecule has 0 fully saturated rings. The van der Waals surface area contributed by atoms with E-state index in [0.29, 0.717) is 12.1 Å². The average molecular weight is 382 g/mol. The molecule has 2 rings (SSSR count). The van der Waals surface area contributed by atoms with Crippen LogP contribution in [0.15, 0.2) is 47.4 Å². The zero-order valence-corrected chi connectivity index (χ0v) is 13.6. The number of sulfonamides is 2. The lowest BCUT2D eigenvalue weighted by atomic mass is 9.90. The first-order chi connectivity index (χ1) is 10.8. The number of halogens is 3. The molecule has 0 saturated carbocycles. The fourth-order valence-electron chi connectivity index (χ4n) is 2.38. The van der Waals surface area contributed by atoms with Crippen LogP contribution in [0.4, 0.5) is 13.2 Å². The van der Waals surface area contributed by atoms with Gasteiger partial charge in [-0.2, -0.15) is 13.2 Å². The lowest BCUT2D eigenvalue weighted by Gasteiger charge is -2.31. The topological polar surface area (TPSA) is 120 Å². The van der Waals surface area contributed by atoms with Gasteiger partial charge in [0.2, 0.25) is 20.0 Å². The molecule has 0 heterocycles. The normalized spacial score (nSPS) is 22.3. The molecule has 11 heteroatoms. The Kier molecular flexibility index (Phi) is 4.42. The smallest absolute Gasteiger partial charge is 0.228 e. The molecule has 1 atom stereocenters. The molecule has 1 unspecified atom stereocenters. The monoisotopic (exact) mass is 382 g/mol. The van der Waals surface area contributed by atoms with Crippen molar-refractivity contribution < 1.29 is 30.0 Å². The van der Waals surface area contributed by atoms with Gasteiger partial charge in [0, 0.05) is 6.42 Å². The summed E-state index contributed by atoms with van der Waals surface area (Å²) >= 11 is 0. The Labute approximate surface area is 136 Å². The Balaban J connectivity index is 2.61. The molecule has 1 aliphatic rings. The zero-order chi connectivity index (χ0) is 18.4. The van der Waals surface area contributed by atoms with Gasteiger partial charge in [-0.25, -0.2) is 27.1 Å². The summed E-state index contributed by atoms with van der Waals surface area (Å²) in [6, 6.07) is 3.30. The Bertz CT molecular complexity index is 917. The number of rotatable bonds is 3. The van der Waals surface area contributed by atoms with Crippen LogP contribution in [0.2, 0.25) is 0 Å². The molecule has 4 N–H and O–H groups in total. The first kappa shape index (κ1) is 18.6. The van der Waals surface area contributed by atoms with E-state index >= 15 is 0 Å². The second-order valence-electron chi connectivity index (χ2n) is 5.22. The number of hydrogen-bond donors (Lipinski definition) is 2. The molecule has 0 aliphatic heterocycles. The number of alkyl halides is 3. The molecule has 1 aliphatic carbocycles. The van der Waals surface area contributed by atoms with Crippen molar-refractivity contribution in [1.29, 1.82) is 0 Å². The van der Waals surface area contributed by atoms with Crippen molar-refractivity contribution in [3.05, 3.63) is 58.5 Å². The molecular weight excluding hydrogens is 369 g/mol. The maximum atomic E-state index is 12.6. The minimum atomic E-state index is -4.60. The molecule has 0 saturated heterocycles. The third-order valence-electron chi connectivity index (χ3n) is 3.66. The van der Waals surface area contributed by atoms with Gasteiger partial charge in [-0.15, -0.1) is 0 Å². The van der Waals surface area contributed by atoms with Crippen LogP contribution >= 0.6 is 0 Å². The highest BCUT2D eigenvalue weighted by Gasteiger charge is 2.45. The molecule has 1 aromatic rings. The summed E-state index contributed by atoms with van der Waals surface area (Å²) in [5.74, 6) is 0. The van der Waals surface area contributed by atoms with Gasteiger partial charge in [0.15, 0.2) is 0 Å². The molecule has 6 nitrogen and oxygen atoms in total. The predicted molar refractivity (Wildman–Crippen MR) is 81.2 cm³/mol. The van der Waals surface area contributed by atoms with Crippen molar-refractivity contribution in [3.8, 4) is 0 Å². The molecule has 0 amide bonds. The van der Waals surface area contributed by atoms with E-state index in [2.05, 4.69) is 0 Å². The van der Waals surface area contributed by atoms with E-state index in [4.69, 9.17) is 10.3 Å². The van der Waals surface area contributed by atoms with Crippen LogP contribution in [-0.2, 0) is 31.0 Å². The van der Waals surface area contributed by atoms with E-state index < -0.39 is 43.0 Å². The highest BCUT2D eigenvalue weighted by atomic mass is 32.2. The SMILES string of the molecule is NS(=O)(=O)C1=CC=CC(c2ccc(C(F)(F)F)cc2)(S(N)(=O)=O)C1. The number of primary sulfonamides is 2. The Hall–Kier alpha value is -1.69. The van der Waals surface area contributed by atoms with Crippen LogP contribution < -0.4 is 10.3 Å². The summed E-state index contributed by atoms with van der Waals surface area (Å²) in [6.07, 6.45) is -1.82. The van der Waals surface area contributed by atoms with Crippen molar-refractivity contribution in [1.82, 2.24) is 0 Å². The number of benzene rings is 1. The van der Waals surface area contributed by atoms with Gasteiger partial charge in [0.1, 0.15) is 4.75 Å². The first-order valence-corrected chi connectivity index (χ1v) is 9.48. The van der Waals surface area contributed by atoms with Crippen LogP contribution in [0, 0.1) is 0 Å². The number of nitrogens with two attached hydrogens (primary N) is 2. The van der Waals surface area contributed by atoms with Crippen molar-refractivity contribution in [2.24, 2.45) is 10.3 Å². The third-order valence-corrected chi connectivity index (χ3v) is 6.20. The van der Waals surface area contributed by atoms with Crippen molar-refractivity contribution >= 4 is 20.0 Å². The fourth-order valence-corrected chi connectivity index (χ4v) is 4.26. The summed E-state index contributed by atoms with van der Waals surface area (Å²) in [5, 5.41) is 10.3. The van der Waals surface area contributed by atoms with E-state index in [1.54, 1.807) is 0 Å². The van der Waals surface area contributed by atoms with Gasteiger partial charge in [-0.05, 0) is 23.8 Å². The first-order valence-electron chi connectivity index (χ1n) is 6.39. The molecular formula is C13H13F3N2O4S2. The van der Waals surface area contributed by atoms with Gasteiger partial charge in [0.05, 0.1) is 10.5 Å². The maximum absolute atomic E-state index is 12.6. The highest BCUT2D eigenvalue weighted by molar-refractivity contribution is 7.93. The van der Waals surface area contributed by atoms with Crippen molar-refractivity contribution in [2.75, 3.05) is 0 Å². The summed E-state index contributed by atoms with van der Waals surface area (Å²) < 4.78 is 83.1. The van der Waals surface area contributed by atoms with E-state index in [1.807, 2.05) is 0 Å². The number of allylic oxidation sites excluding steroid dienone is 3. The van der Waals surface area contributed by atoms with E-state index in [-0.39, 0.29) is 10.5 Å². The van der Waals surface area contributed by atoms with Crippen LogP contribution in [0.5, 0.6) is 0 Å². The lowest BCUT2D eigenvalue weighted by Crippen LogP contribution is -2.41. The van der Waals surface area contributed by atoms with Crippen LogP contribution in [0.1, 0.15) is 17.5 Å². The Morgan fingerprint density at radius 2 is 1.54 bits per heavy atom. The van der Waals surface area contributed by atoms with Crippen LogP contribution in [-0.4, -0.2) is 16.8 Å². The minimum Gasteiger partial charge on any atom is -0.228 e. The van der Waals surface area contributed by atoms with Crippen LogP contribution in [0.25, 0.3) is 0 Å². The van der Waals surface area contributed by atoms with Gasteiger partial charge < -0.3 is 0 Å². The van der Waals surface area contributed by atoms with Crippen molar-refractivity contribution in [2.45, 2.75) is 17.3 Å². The molecule has 0 bridgehead atoms. The van der Waals surface area contributed by atoms with E-state index in [0.717, 1.165) is 30.4 Å². The van der Waals surface area contributed by atoms with Gasteiger partial charge in [0.25, 0.3) is 0 Å². The number of hydrogen-bond acceptors (Lipinski definition) is 4. The molecule has 132 valence electrons. The standard InChI is InChI=1S/C13H13F3N2O4S2/c14-13(15,16)10-5-3-9(4-6-10)12(24(18,21)22)7-1-2-11(8-12)23(17,19)20/h1-7H,8H2,(H2,17,19,20)(H2,18,21,22). The summed E-state index contributed by atoms with van der Waals surface area (Å²) in [5.41, 5.74) is -1.07.